The molecule has 1 fully saturated rings. The Morgan fingerprint density at radius 3 is 2.47 bits per heavy atom. The van der Waals surface area contributed by atoms with E-state index in [1.807, 2.05) is 0 Å². The Bertz CT molecular complexity index is 196. The van der Waals surface area contributed by atoms with Gasteiger partial charge >= 0.3 is 5.97 Å². The van der Waals surface area contributed by atoms with E-state index in [-0.39, 0.29) is 5.97 Å². The van der Waals surface area contributed by atoms with Crippen LogP contribution in [0.4, 0.5) is 0 Å². The van der Waals surface area contributed by atoms with Gasteiger partial charge in [-0.3, -0.25) is 9.69 Å². The summed E-state index contributed by atoms with van der Waals surface area (Å²) in [5.41, 5.74) is 0. The number of hydrogen-bond donors (Lipinski definition) is 0. The van der Waals surface area contributed by atoms with Crippen molar-refractivity contribution in [3.63, 3.8) is 0 Å². The van der Waals surface area contributed by atoms with Gasteiger partial charge in [-0.2, -0.15) is 0 Å². The Labute approximate surface area is 92.8 Å². The van der Waals surface area contributed by atoms with E-state index >= 15 is 0 Å². The molecule has 1 heterocycles. The lowest BCUT2D eigenvalue weighted by Gasteiger charge is -2.31. The van der Waals surface area contributed by atoms with Gasteiger partial charge in [-0.25, -0.2) is 0 Å². The van der Waals surface area contributed by atoms with Gasteiger partial charge in [0.15, 0.2) is 0 Å². The largest absolute Gasteiger partial charge is 0.468 e. The predicted molar refractivity (Wildman–Crippen MR) is 60.6 cm³/mol. The monoisotopic (exact) mass is 213 g/mol. The number of esters is 1. The van der Waals surface area contributed by atoms with Crippen LogP contribution < -0.4 is 0 Å². The number of likely N-dealkylation sites (tertiary alicyclic amines) is 1. The second kappa shape index (κ2) is 6.11. The summed E-state index contributed by atoms with van der Waals surface area (Å²) >= 11 is 0. The van der Waals surface area contributed by atoms with E-state index in [2.05, 4.69) is 23.5 Å². The van der Waals surface area contributed by atoms with Crippen LogP contribution in [-0.4, -0.2) is 37.6 Å². The molecule has 88 valence electrons. The highest BCUT2D eigenvalue weighted by Gasteiger charge is 2.21. The molecule has 0 bridgehead atoms. The third-order valence-corrected chi connectivity index (χ3v) is 3.09. The molecule has 0 amide bonds. The van der Waals surface area contributed by atoms with Crippen molar-refractivity contribution in [2.45, 2.75) is 33.1 Å². The van der Waals surface area contributed by atoms with Crippen LogP contribution in [0.5, 0.6) is 0 Å². The van der Waals surface area contributed by atoms with Gasteiger partial charge in [0.2, 0.25) is 0 Å². The lowest BCUT2D eigenvalue weighted by Crippen LogP contribution is -2.37. The molecule has 1 aliphatic heterocycles. The summed E-state index contributed by atoms with van der Waals surface area (Å²) in [5.74, 6) is 1.54. The molecule has 0 spiro atoms. The highest BCUT2D eigenvalue weighted by atomic mass is 16.5. The van der Waals surface area contributed by atoms with Crippen LogP contribution >= 0.6 is 0 Å². The Morgan fingerprint density at radius 2 is 2.00 bits per heavy atom. The Balaban J connectivity index is 2.20. The molecule has 0 saturated carbocycles. The molecular formula is C12H23NO2. The fourth-order valence-electron chi connectivity index (χ4n) is 2.29. The summed E-state index contributed by atoms with van der Waals surface area (Å²) in [6.45, 7) is 7.12. The minimum absolute atomic E-state index is 0.114. The molecule has 0 radical (unpaired) electrons. The van der Waals surface area contributed by atoms with Gasteiger partial charge in [-0.15, -0.1) is 0 Å². The van der Waals surface area contributed by atoms with Crippen molar-refractivity contribution in [3.05, 3.63) is 0 Å². The van der Waals surface area contributed by atoms with Crippen molar-refractivity contribution in [1.82, 2.24) is 4.90 Å². The summed E-state index contributed by atoms with van der Waals surface area (Å²) < 4.78 is 4.66. The Morgan fingerprint density at radius 1 is 1.40 bits per heavy atom. The van der Waals surface area contributed by atoms with Gasteiger partial charge in [-0.1, -0.05) is 13.8 Å². The normalized spacial score (nSPS) is 19.5. The zero-order valence-corrected chi connectivity index (χ0v) is 10.2. The fourth-order valence-corrected chi connectivity index (χ4v) is 2.29. The maximum absolute atomic E-state index is 11.1. The second-order valence-electron chi connectivity index (χ2n) is 4.93. The van der Waals surface area contributed by atoms with Crippen molar-refractivity contribution in [1.29, 1.82) is 0 Å². The van der Waals surface area contributed by atoms with E-state index in [9.17, 15) is 4.79 Å². The fraction of sp³-hybridized carbons (Fsp3) is 0.917. The van der Waals surface area contributed by atoms with Crippen LogP contribution in [-0.2, 0) is 9.53 Å². The van der Waals surface area contributed by atoms with E-state index in [4.69, 9.17) is 0 Å². The van der Waals surface area contributed by atoms with Gasteiger partial charge < -0.3 is 4.74 Å². The quantitative estimate of drug-likeness (QED) is 0.668. The molecule has 1 saturated heterocycles. The Hall–Kier alpha value is -0.570. The summed E-state index contributed by atoms with van der Waals surface area (Å²) in [6, 6.07) is 0. The first-order valence-corrected chi connectivity index (χ1v) is 5.91. The number of hydrogen-bond acceptors (Lipinski definition) is 3. The van der Waals surface area contributed by atoms with E-state index in [0.717, 1.165) is 24.9 Å². The van der Waals surface area contributed by atoms with Crippen LogP contribution in [0.1, 0.15) is 33.1 Å². The molecule has 0 aromatic heterocycles. The van der Waals surface area contributed by atoms with Crippen LogP contribution in [0.25, 0.3) is 0 Å². The molecule has 0 aromatic carbocycles. The number of rotatable bonds is 4. The molecule has 3 nitrogen and oxygen atoms in total. The molecule has 1 aliphatic rings. The third-order valence-electron chi connectivity index (χ3n) is 3.09. The van der Waals surface area contributed by atoms with Gasteiger partial charge in [0.25, 0.3) is 0 Å². The van der Waals surface area contributed by atoms with E-state index in [0.29, 0.717) is 6.54 Å². The third kappa shape index (κ3) is 4.65. The van der Waals surface area contributed by atoms with Crippen molar-refractivity contribution >= 4 is 5.97 Å². The summed E-state index contributed by atoms with van der Waals surface area (Å²) in [4.78, 5) is 13.3. The van der Waals surface area contributed by atoms with Gasteiger partial charge in [0.1, 0.15) is 0 Å². The second-order valence-corrected chi connectivity index (χ2v) is 4.93. The van der Waals surface area contributed by atoms with Gasteiger partial charge in [0, 0.05) is 0 Å². The molecule has 0 N–H and O–H groups in total. The van der Waals surface area contributed by atoms with Crippen molar-refractivity contribution in [2.24, 2.45) is 11.8 Å². The van der Waals surface area contributed by atoms with Crippen LogP contribution in [0.15, 0.2) is 0 Å². The Kier molecular flexibility index (Phi) is 5.09. The predicted octanol–water partition coefficient (Wildman–Crippen LogP) is 1.92. The molecule has 0 unspecified atom stereocenters. The number of nitrogens with zero attached hydrogens (tertiary/aromatic N) is 1. The van der Waals surface area contributed by atoms with E-state index in [1.165, 1.54) is 26.4 Å². The molecule has 0 atom stereocenters. The average Bonchev–Trinajstić information content (AvgIpc) is 2.20. The molecule has 3 heteroatoms. The van der Waals surface area contributed by atoms with Crippen molar-refractivity contribution in [3.8, 4) is 0 Å². The average molecular weight is 213 g/mol. The molecule has 0 aliphatic carbocycles. The summed E-state index contributed by atoms with van der Waals surface area (Å²) in [6.07, 6.45) is 3.79. The van der Waals surface area contributed by atoms with Crippen LogP contribution in [0.2, 0.25) is 0 Å². The van der Waals surface area contributed by atoms with Crippen molar-refractivity contribution in [2.75, 3.05) is 26.7 Å². The zero-order chi connectivity index (χ0) is 11.3. The number of carbonyl (C=O) groups is 1. The molecule has 15 heavy (non-hydrogen) atoms. The SMILES string of the molecule is COC(=O)CN1CCC(CC(C)C)CC1. The smallest absolute Gasteiger partial charge is 0.319 e. The minimum Gasteiger partial charge on any atom is -0.468 e. The first-order valence-electron chi connectivity index (χ1n) is 5.91. The van der Waals surface area contributed by atoms with E-state index < -0.39 is 0 Å². The minimum atomic E-state index is -0.114. The van der Waals surface area contributed by atoms with Crippen molar-refractivity contribution < 1.29 is 9.53 Å². The maximum atomic E-state index is 11.1. The molecule has 1 rings (SSSR count). The van der Waals surface area contributed by atoms with Crippen LogP contribution in [0, 0.1) is 11.8 Å². The first kappa shape index (κ1) is 12.5. The standard InChI is InChI=1S/C12H23NO2/c1-10(2)8-11-4-6-13(7-5-11)9-12(14)15-3/h10-11H,4-9H2,1-3H3. The van der Waals surface area contributed by atoms with Gasteiger partial charge in [-0.05, 0) is 44.2 Å². The summed E-state index contributed by atoms with van der Waals surface area (Å²) in [5, 5.41) is 0. The summed E-state index contributed by atoms with van der Waals surface area (Å²) in [7, 11) is 1.45. The maximum Gasteiger partial charge on any atom is 0.319 e. The highest BCUT2D eigenvalue weighted by Crippen LogP contribution is 2.23. The highest BCUT2D eigenvalue weighted by molar-refractivity contribution is 5.71. The molecular weight excluding hydrogens is 190 g/mol. The number of ether oxygens (including phenoxy) is 1. The van der Waals surface area contributed by atoms with Gasteiger partial charge in [0.05, 0.1) is 13.7 Å². The lowest BCUT2D eigenvalue weighted by molar-refractivity contribution is -0.142. The van der Waals surface area contributed by atoms with E-state index in [1.54, 1.807) is 0 Å². The van der Waals surface area contributed by atoms with Crippen LogP contribution in [0.3, 0.4) is 0 Å². The lowest BCUT2D eigenvalue weighted by atomic mass is 9.89. The first-order chi connectivity index (χ1) is 7.11. The number of carbonyl (C=O) groups excluding carboxylic acids is 1. The number of piperidine rings is 1. The number of methoxy groups -OCH3 is 1. The molecule has 0 aromatic rings. The zero-order valence-electron chi connectivity index (χ0n) is 10.2. The topological polar surface area (TPSA) is 29.5 Å².